The van der Waals surface area contributed by atoms with Crippen molar-refractivity contribution in [3.05, 3.63) is 71.3 Å². The van der Waals surface area contributed by atoms with Crippen molar-refractivity contribution in [1.29, 1.82) is 0 Å². The zero-order valence-electron chi connectivity index (χ0n) is 14.9. The van der Waals surface area contributed by atoms with Crippen LogP contribution >= 0.6 is 21.6 Å². The number of carbonyl (C=O) groups excluding carboxylic acids is 2. The number of fused-ring (bicyclic) bond motifs is 3. The molecule has 26 heavy (non-hydrogen) atoms. The van der Waals surface area contributed by atoms with Crippen molar-refractivity contribution in [2.24, 2.45) is 0 Å². The summed E-state index contributed by atoms with van der Waals surface area (Å²) in [6, 6.07) is 17.7. The molecule has 5 rings (SSSR count). The lowest BCUT2D eigenvalue weighted by Crippen LogP contribution is -2.74. The normalized spacial score (nSPS) is 28.0. The molecule has 3 heterocycles. The van der Waals surface area contributed by atoms with Crippen LogP contribution in [-0.2, 0) is 20.9 Å². The second-order valence-corrected chi connectivity index (χ2v) is 9.40. The highest BCUT2D eigenvalue weighted by Gasteiger charge is 2.68. The molecule has 3 aliphatic rings. The molecule has 2 atom stereocenters. The molecule has 3 aliphatic heterocycles. The molecule has 0 radical (unpaired) electrons. The first-order chi connectivity index (χ1) is 12.4. The summed E-state index contributed by atoms with van der Waals surface area (Å²) in [7, 11) is 6.53. The van der Waals surface area contributed by atoms with E-state index in [1.807, 2.05) is 61.5 Å². The molecule has 3 fully saturated rings. The first-order valence-electron chi connectivity index (χ1n) is 8.47. The van der Waals surface area contributed by atoms with Gasteiger partial charge in [-0.1, -0.05) is 65.4 Å². The van der Waals surface area contributed by atoms with E-state index < -0.39 is 9.74 Å². The summed E-state index contributed by atoms with van der Waals surface area (Å²) >= 11 is 0. The number of carbonyl (C=O) groups is 2. The fraction of sp³-hybridized carbons (Fsp3) is 0.300. The first kappa shape index (κ1) is 17.5. The summed E-state index contributed by atoms with van der Waals surface area (Å²) in [6.45, 7) is 1.99. The predicted octanol–water partition coefficient (Wildman–Crippen LogP) is 3.41. The zero-order valence-corrected chi connectivity index (χ0v) is 16.6. The Morgan fingerprint density at radius 1 is 0.846 bits per heavy atom. The number of hydrogen-bond acceptors (Lipinski definition) is 4. The van der Waals surface area contributed by atoms with E-state index in [0.29, 0.717) is 6.42 Å². The molecule has 2 amide bonds. The minimum absolute atomic E-state index is 0.0181. The number of likely N-dealkylation sites (N-methyl/N-ethyl adjacent to an activating group) is 2. The number of benzene rings is 2. The van der Waals surface area contributed by atoms with E-state index in [1.165, 1.54) is 21.6 Å². The quantitative estimate of drug-likeness (QED) is 0.761. The summed E-state index contributed by atoms with van der Waals surface area (Å²) in [5, 5.41) is 0. The van der Waals surface area contributed by atoms with Crippen molar-refractivity contribution in [1.82, 2.24) is 9.80 Å². The maximum absolute atomic E-state index is 13.5. The average molecular weight is 385 g/mol. The molecule has 0 spiro atoms. The number of amides is 2. The fourth-order valence-electron chi connectivity index (χ4n) is 3.79. The Morgan fingerprint density at radius 2 is 1.50 bits per heavy atom. The second-order valence-electron chi connectivity index (χ2n) is 6.80. The Labute approximate surface area is 161 Å². The van der Waals surface area contributed by atoms with Crippen molar-refractivity contribution >= 4 is 33.4 Å². The van der Waals surface area contributed by atoms with E-state index >= 15 is 0 Å². The smallest absolute Gasteiger partial charge is 0.266 e. The van der Waals surface area contributed by atoms with E-state index in [-0.39, 0.29) is 11.8 Å². The van der Waals surface area contributed by atoms with Gasteiger partial charge in [-0.15, -0.1) is 0 Å². The van der Waals surface area contributed by atoms with Crippen molar-refractivity contribution in [2.75, 3.05) is 14.1 Å². The molecule has 6 heteroatoms. The van der Waals surface area contributed by atoms with Gasteiger partial charge in [0.15, 0.2) is 4.87 Å². The standard InChI is InChI=1S/C20H20N2O2S2/c1-14-9-7-8-12-16(14)20-18(24)21(2)19(25-26-20,17(23)22(20)3)13-15-10-5-4-6-11-15/h4-12H,13H2,1-3H3. The highest BCUT2D eigenvalue weighted by atomic mass is 33.1. The van der Waals surface area contributed by atoms with E-state index in [4.69, 9.17) is 0 Å². The Hall–Kier alpha value is -1.92. The lowest BCUT2D eigenvalue weighted by atomic mass is 9.92. The molecular formula is C20H20N2O2S2. The second kappa shape index (κ2) is 6.06. The molecule has 0 aromatic heterocycles. The molecule has 2 unspecified atom stereocenters. The third kappa shape index (κ3) is 2.18. The van der Waals surface area contributed by atoms with Crippen molar-refractivity contribution in [2.45, 2.75) is 23.1 Å². The van der Waals surface area contributed by atoms with E-state index in [0.717, 1.165) is 16.7 Å². The molecule has 134 valence electrons. The van der Waals surface area contributed by atoms with Gasteiger partial charge < -0.3 is 9.80 Å². The summed E-state index contributed by atoms with van der Waals surface area (Å²) in [5.41, 5.74) is 2.95. The molecule has 4 nitrogen and oxygen atoms in total. The Bertz CT molecular complexity index is 888. The zero-order chi connectivity index (χ0) is 18.5. The van der Waals surface area contributed by atoms with Gasteiger partial charge in [-0.3, -0.25) is 9.59 Å². The maximum atomic E-state index is 13.5. The SMILES string of the molecule is Cc1ccccc1C12SSC(Cc3ccccc3)(C(=O)N1C)N(C)C2=O. The monoisotopic (exact) mass is 384 g/mol. The molecule has 2 bridgehead atoms. The summed E-state index contributed by atoms with van der Waals surface area (Å²) in [6.07, 6.45) is 0.501. The van der Waals surface area contributed by atoms with Crippen molar-refractivity contribution in [3.63, 3.8) is 0 Å². The minimum Gasteiger partial charge on any atom is -0.318 e. The number of hydrogen-bond donors (Lipinski definition) is 0. The lowest BCUT2D eigenvalue weighted by Gasteiger charge is -2.59. The topological polar surface area (TPSA) is 40.6 Å². The van der Waals surface area contributed by atoms with Crippen molar-refractivity contribution in [3.8, 4) is 0 Å². The molecule has 2 aromatic carbocycles. The van der Waals surface area contributed by atoms with E-state index in [1.54, 1.807) is 23.9 Å². The highest BCUT2D eigenvalue weighted by Crippen LogP contribution is 2.63. The molecule has 0 N–H and O–H groups in total. The van der Waals surface area contributed by atoms with Crippen LogP contribution in [0.15, 0.2) is 54.6 Å². The number of rotatable bonds is 3. The van der Waals surface area contributed by atoms with Crippen LogP contribution in [0.2, 0.25) is 0 Å². The first-order valence-corrected chi connectivity index (χ1v) is 10.6. The number of piperazine rings is 1. The van der Waals surface area contributed by atoms with Gasteiger partial charge in [0.2, 0.25) is 4.87 Å². The molecular weight excluding hydrogens is 364 g/mol. The highest BCUT2D eigenvalue weighted by molar-refractivity contribution is 8.78. The van der Waals surface area contributed by atoms with Gasteiger partial charge in [0.1, 0.15) is 0 Å². The largest absolute Gasteiger partial charge is 0.318 e. The third-order valence-corrected chi connectivity index (χ3v) is 9.01. The van der Waals surface area contributed by atoms with E-state index in [9.17, 15) is 9.59 Å². The van der Waals surface area contributed by atoms with Gasteiger partial charge in [0.05, 0.1) is 0 Å². The number of aryl methyl sites for hydroxylation is 1. The maximum Gasteiger partial charge on any atom is 0.266 e. The van der Waals surface area contributed by atoms with Crippen LogP contribution in [0.25, 0.3) is 0 Å². The molecule has 0 saturated carbocycles. The van der Waals surface area contributed by atoms with Gasteiger partial charge in [0, 0.05) is 26.1 Å². The van der Waals surface area contributed by atoms with Crippen LogP contribution in [0.4, 0.5) is 0 Å². The van der Waals surface area contributed by atoms with Crippen LogP contribution in [0.3, 0.4) is 0 Å². The Balaban J connectivity index is 1.81. The van der Waals surface area contributed by atoms with Crippen LogP contribution in [0.1, 0.15) is 16.7 Å². The van der Waals surface area contributed by atoms with Crippen LogP contribution in [-0.4, -0.2) is 40.6 Å². The fourth-order valence-corrected chi connectivity index (χ4v) is 7.71. The molecule has 0 aliphatic carbocycles. The lowest BCUT2D eigenvalue weighted by molar-refractivity contribution is -0.164. The molecule has 3 saturated heterocycles. The Morgan fingerprint density at radius 3 is 2.19 bits per heavy atom. The summed E-state index contributed by atoms with van der Waals surface area (Å²) < 4.78 is 0. The van der Waals surface area contributed by atoms with Gasteiger partial charge in [-0.05, 0) is 28.8 Å². The van der Waals surface area contributed by atoms with E-state index in [2.05, 4.69) is 0 Å². The van der Waals surface area contributed by atoms with Crippen LogP contribution in [0, 0.1) is 6.92 Å². The van der Waals surface area contributed by atoms with Gasteiger partial charge in [-0.2, -0.15) is 0 Å². The Kier molecular flexibility index (Phi) is 4.08. The summed E-state index contributed by atoms with van der Waals surface area (Å²) in [5.74, 6) is -0.0518. The van der Waals surface area contributed by atoms with Gasteiger partial charge in [0.25, 0.3) is 11.8 Å². The number of nitrogens with zero attached hydrogens (tertiary/aromatic N) is 2. The van der Waals surface area contributed by atoms with Gasteiger partial charge in [-0.25, -0.2) is 0 Å². The summed E-state index contributed by atoms with van der Waals surface area (Å²) in [4.78, 5) is 28.4. The molecule has 2 aromatic rings. The van der Waals surface area contributed by atoms with Gasteiger partial charge >= 0.3 is 0 Å². The predicted molar refractivity (Wildman–Crippen MR) is 106 cm³/mol. The van der Waals surface area contributed by atoms with Crippen LogP contribution in [0.5, 0.6) is 0 Å². The third-order valence-electron chi connectivity index (χ3n) is 5.34. The average Bonchev–Trinajstić information content (AvgIpc) is 2.65. The van der Waals surface area contributed by atoms with Crippen molar-refractivity contribution < 1.29 is 9.59 Å². The minimum atomic E-state index is -1.000. The van der Waals surface area contributed by atoms with Crippen LogP contribution < -0.4 is 0 Å².